The van der Waals surface area contributed by atoms with Crippen molar-refractivity contribution in [1.29, 1.82) is 0 Å². The van der Waals surface area contributed by atoms with Gasteiger partial charge in [-0.1, -0.05) is 19.1 Å². The number of carbonyl (C=O) groups excluding carboxylic acids is 2. The number of hydrogen-bond acceptors (Lipinski definition) is 4. The normalized spacial score (nSPS) is 15.1. The van der Waals surface area contributed by atoms with Crippen LogP contribution in [0.5, 0.6) is 0 Å². The Hall–Kier alpha value is -1.92. The smallest absolute Gasteiger partial charge is 0.243 e. The molecule has 1 aromatic carbocycles. The van der Waals surface area contributed by atoms with Crippen LogP contribution in [0.2, 0.25) is 0 Å². The van der Waals surface area contributed by atoms with Gasteiger partial charge in [0.15, 0.2) is 0 Å². The van der Waals surface area contributed by atoms with Gasteiger partial charge in [0.25, 0.3) is 0 Å². The van der Waals surface area contributed by atoms with Crippen LogP contribution in [0.1, 0.15) is 19.4 Å². The lowest BCUT2D eigenvalue weighted by Gasteiger charge is -2.29. The van der Waals surface area contributed by atoms with Crippen LogP contribution in [0.3, 0.4) is 0 Å². The first kappa shape index (κ1) is 18.4. The molecular weight excluding hydrogens is 306 g/mol. The van der Waals surface area contributed by atoms with Crippen LogP contribution >= 0.6 is 0 Å². The second kappa shape index (κ2) is 9.39. The summed E-state index contributed by atoms with van der Waals surface area (Å²) in [5.74, 6) is -0.254. The molecule has 0 spiro atoms. The molecule has 132 valence electrons. The van der Waals surface area contributed by atoms with E-state index in [-0.39, 0.29) is 18.4 Å². The second-order valence-corrected chi connectivity index (χ2v) is 5.99. The van der Waals surface area contributed by atoms with E-state index in [1.54, 1.807) is 4.90 Å². The van der Waals surface area contributed by atoms with Crippen LogP contribution < -0.4 is 5.32 Å². The molecule has 0 unspecified atom stereocenters. The summed E-state index contributed by atoms with van der Waals surface area (Å²) < 4.78 is 5.32. The molecule has 6 nitrogen and oxygen atoms in total. The zero-order valence-electron chi connectivity index (χ0n) is 14.6. The molecule has 6 heteroatoms. The number of ether oxygens (including phenoxy) is 1. The molecule has 0 aromatic heterocycles. The lowest BCUT2D eigenvalue weighted by Crippen LogP contribution is -2.44. The Morgan fingerprint density at radius 3 is 2.46 bits per heavy atom. The standard InChI is InChI=1S/C18H27N3O3/c1-3-16-4-6-17(7-5-16)19-18(23)14-21(15(2)22)9-8-20-10-12-24-13-11-20/h4-7H,3,8-14H2,1-2H3,(H,19,23). The summed E-state index contributed by atoms with van der Waals surface area (Å²) >= 11 is 0. The van der Waals surface area contributed by atoms with Crippen molar-refractivity contribution < 1.29 is 14.3 Å². The van der Waals surface area contributed by atoms with E-state index in [1.165, 1.54) is 12.5 Å². The Morgan fingerprint density at radius 1 is 1.21 bits per heavy atom. The van der Waals surface area contributed by atoms with Crippen molar-refractivity contribution >= 4 is 17.5 Å². The van der Waals surface area contributed by atoms with Gasteiger partial charge in [-0.15, -0.1) is 0 Å². The maximum Gasteiger partial charge on any atom is 0.243 e. The minimum atomic E-state index is -0.170. The third-order valence-corrected chi connectivity index (χ3v) is 4.22. The summed E-state index contributed by atoms with van der Waals surface area (Å²) in [7, 11) is 0. The zero-order chi connectivity index (χ0) is 17.4. The summed E-state index contributed by atoms with van der Waals surface area (Å²) in [6, 6.07) is 7.78. The summed E-state index contributed by atoms with van der Waals surface area (Å²) in [5, 5.41) is 2.85. The van der Waals surface area contributed by atoms with E-state index in [1.807, 2.05) is 24.3 Å². The first-order chi connectivity index (χ1) is 11.6. The molecule has 1 N–H and O–H groups in total. The lowest BCUT2D eigenvalue weighted by molar-refractivity contribution is -0.133. The van der Waals surface area contributed by atoms with Gasteiger partial charge in [-0.25, -0.2) is 0 Å². The molecule has 0 saturated carbocycles. The highest BCUT2D eigenvalue weighted by atomic mass is 16.5. The lowest BCUT2D eigenvalue weighted by atomic mass is 10.1. The fourth-order valence-electron chi connectivity index (χ4n) is 2.63. The van der Waals surface area contributed by atoms with E-state index in [0.717, 1.165) is 45.0 Å². The first-order valence-corrected chi connectivity index (χ1v) is 8.53. The molecule has 24 heavy (non-hydrogen) atoms. The van der Waals surface area contributed by atoms with Crippen molar-refractivity contribution in [3.8, 4) is 0 Å². The Labute approximate surface area is 143 Å². The van der Waals surface area contributed by atoms with Crippen molar-refractivity contribution in [2.75, 3.05) is 51.3 Å². The number of nitrogens with one attached hydrogen (secondary N) is 1. The van der Waals surface area contributed by atoms with Gasteiger partial charge < -0.3 is 15.0 Å². The van der Waals surface area contributed by atoms with Crippen LogP contribution in [0.15, 0.2) is 24.3 Å². The van der Waals surface area contributed by atoms with Gasteiger partial charge in [-0.05, 0) is 24.1 Å². The van der Waals surface area contributed by atoms with Gasteiger partial charge in [-0.3, -0.25) is 14.5 Å². The van der Waals surface area contributed by atoms with Crippen LogP contribution in [0.4, 0.5) is 5.69 Å². The number of anilines is 1. The average Bonchev–Trinajstić information content (AvgIpc) is 2.60. The number of amides is 2. The van der Waals surface area contributed by atoms with Crippen LogP contribution in [0.25, 0.3) is 0 Å². The number of hydrogen-bond donors (Lipinski definition) is 1. The number of carbonyl (C=O) groups is 2. The maximum atomic E-state index is 12.2. The van der Waals surface area contributed by atoms with Crippen LogP contribution in [-0.4, -0.2) is 67.6 Å². The Bertz CT molecular complexity index is 539. The van der Waals surface area contributed by atoms with E-state index in [0.29, 0.717) is 6.54 Å². The van der Waals surface area contributed by atoms with Crippen molar-refractivity contribution in [3.63, 3.8) is 0 Å². The van der Waals surface area contributed by atoms with Gasteiger partial charge in [0, 0.05) is 38.8 Å². The predicted molar refractivity (Wildman–Crippen MR) is 94.0 cm³/mol. The van der Waals surface area contributed by atoms with Crippen molar-refractivity contribution in [3.05, 3.63) is 29.8 Å². The van der Waals surface area contributed by atoms with E-state index in [9.17, 15) is 9.59 Å². The van der Waals surface area contributed by atoms with E-state index < -0.39 is 0 Å². The monoisotopic (exact) mass is 333 g/mol. The minimum Gasteiger partial charge on any atom is -0.379 e. The first-order valence-electron chi connectivity index (χ1n) is 8.53. The van der Waals surface area contributed by atoms with E-state index in [4.69, 9.17) is 4.74 Å². The molecule has 1 aliphatic rings. The molecule has 1 aromatic rings. The maximum absolute atomic E-state index is 12.2. The summed E-state index contributed by atoms with van der Waals surface area (Å²) in [6.45, 7) is 8.20. The molecule has 1 heterocycles. The van der Waals surface area contributed by atoms with E-state index in [2.05, 4.69) is 17.1 Å². The predicted octanol–water partition coefficient (Wildman–Crippen LogP) is 1.37. The molecular formula is C18H27N3O3. The second-order valence-electron chi connectivity index (χ2n) is 5.99. The van der Waals surface area contributed by atoms with Gasteiger partial charge in [-0.2, -0.15) is 0 Å². The van der Waals surface area contributed by atoms with Crippen LogP contribution in [0, 0.1) is 0 Å². The number of morpholine rings is 1. The molecule has 0 aliphatic carbocycles. The van der Waals surface area contributed by atoms with Crippen LogP contribution in [-0.2, 0) is 20.7 Å². The number of benzene rings is 1. The molecule has 0 bridgehead atoms. The molecule has 2 rings (SSSR count). The van der Waals surface area contributed by atoms with Crippen molar-refractivity contribution in [2.24, 2.45) is 0 Å². The number of aryl methyl sites for hydroxylation is 1. The third-order valence-electron chi connectivity index (χ3n) is 4.22. The molecule has 0 radical (unpaired) electrons. The summed E-state index contributed by atoms with van der Waals surface area (Å²) in [5.41, 5.74) is 1.98. The highest BCUT2D eigenvalue weighted by molar-refractivity contribution is 5.94. The van der Waals surface area contributed by atoms with Crippen molar-refractivity contribution in [2.45, 2.75) is 20.3 Å². The Morgan fingerprint density at radius 2 is 1.88 bits per heavy atom. The quantitative estimate of drug-likeness (QED) is 0.819. The fourth-order valence-corrected chi connectivity index (χ4v) is 2.63. The number of nitrogens with zero attached hydrogens (tertiary/aromatic N) is 2. The van der Waals surface area contributed by atoms with Gasteiger partial charge in [0.1, 0.15) is 0 Å². The topological polar surface area (TPSA) is 61.9 Å². The molecule has 1 fully saturated rings. The largest absolute Gasteiger partial charge is 0.379 e. The van der Waals surface area contributed by atoms with Gasteiger partial charge >= 0.3 is 0 Å². The third kappa shape index (κ3) is 5.94. The Balaban J connectivity index is 1.81. The highest BCUT2D eigenvalue weighted by Gasteiger charge is 2.16. The fraction of sp³-hybridized carbons (Fsp3) is 0.556. The Kier molecular flexibility index (Phi) is 7.21. The summed E-state index contributed by atoms with van der Waals surface area (Å²) in [6.07, 6.45) is 0.966. The zero-order valence-corrected chi connectivity index (χ0v) is 14.6. The van der Waals surface area contributed by atoms with Gasteiger partial charge in [0.2, 0.25) is 11.8 Å². The number of rotatable bonds is 7. The van der Waals surface area contributed by atoms with Gasteiger partial charge in [0.05, 0.1) is 19.8 Å². The minimum absolute atomic E-state index is 0.0786. The summed E-state index contributed by atoms with van der Waals surface area (Å²) in [4.78, 5) is 27.8. The van der Waals surface area contributed by atoms with Crippen molar-refractivity contribution in [1.82, 2.24) is 9.80 Å². The van der Waals surface area contributed by atoms with E-state index >= 15 is 0 Å². The molecule has 2 amide bonds. The average molecular weight is 333 g/mol. The molecule has 1 aliphatic heterocycles. The highest BCUT2D eigenvalue weighted by Crippen LogP contribution is 2.10. The SMILES string of the molecule is CCc1ccc(NC(=O)CN(CCN2CCOCC2)C(C)=O)cc1. The molecule has 0 atom stereocenters. The molecule has 1 saturated heterocycles.